The minimum atomic E-state index is -0.443. The zero-order valence-electron chi connectivity index (χ0n) is 14.3. The Labute approximate surface area is 155 Å². The van der Waals surface area contributed by atoms with E-state index >= 15 is 0 Å². The molecule has 1 fully saturated rings. The van der Waals surface area contributed by atoms with Gasteiger partial charge in [-0.25, -0.2) is 9.65 Å². The van der Waals surface area contributed by atoms with Gasteiger partial charge in [0.2, 0.25) is 0 Å². The van der Waals surface area contributed by atoms with Gasteiger partial charge in [-0.05, 0) is 36.5 Å². The number of nitrogens with two attached hydrogens (primary N) is 1. The quantitative estimate of drug-likeness (QED) is 0.432. The summed E-state index contributed by atoms with van der Waals surface area (Å²) in [4.78, 5) is 5.80. The Bertz CT molecular complexity index is 1020. The smallest absolute Gasteiger partial charge is 0.270 e. The molecule has 1 aromatic carbocycles. The van der Waals surface area contributed by atoms with Crippen LogP contribution in [0, 0.1) is 17.0 Å². The maximum absolute atomic E-state index is 14.1. The van der Waals surface area contributed by atoms with E-state index < -0.39 is 5.82 Å². The number of benzene rings is 1. The lowest BCUT2D eigenvalue weighted by Gasteiger charge is -2.09. The largest absolute Gasteiger partial charge is 0.396 e. The number of rotatable bonds is 3. The van der Waals surface area contributed by atoms with E-state index in [4.69, 9.17) is 11.0 Å². The van der Waals surface area contributed by atoms with Crippen LogP contribution >= 0.6 is 11.3 Å². The molecule has 1 aliphatic heterocycles. The van der Waals surface area contributed by atoms with Gasteiger partial charge >= 0.3 is 0 Å². The third kappa shape index (κ3) is 2.88. The highest BCUT2D eigenvalue weighted by Crippen LogP contribution is 2.37. The maximum atomic E-state index is 14.1. The van der Waals surface area contributed by atoms with Crippen molar-refractivity contribution in [2.24, 2.45) is 4.99 Å². The molecule has 1 aliphatic rings. The summed E-state index contributed by atoms with van der Waals surface area (Å²) in [6.45, 7) is 0.134. The first-order chi connectivity index (χ1) is 12.6. The number of nitrogen functional groups attached to an aromatic ring is 1. The molecule has 0 radical (unpaired) electrons. The van der Waals surface area contributed by atoms with Crippen LogP contribution in [0.1, 0.15) is 18.0 Å². The summed E-state index contributed by atoms with van der Waals surface area (Å²) in [7, 11) is 1.63. The van der Waals surface area contributed by atoms with E-state index in [1.807, 2.05) is 23.0 Å². The standard InChI is InChI=1S/C18H17BFN5S/c1-23-8-12-4-11(5-15(20)17(12)22)16-6-13-9-25(24-18(13)26-16)14-2-3-19(7-14)10-21/h4-6,8-9,14H,2-3,7,22H2,1H3. The lowest BCUT2D eigenvalue weighted by atomic mass is 9.50. The third-order valence-corrected chi connectivity index (χ3v) is 5.98. The van der Waals surface area contributed by atoms with Gasteiger partial charge in [0.25, 0.3) is 6.71 Å². The monoisotopic (exact) mass is 365 g/mol. The summed E-state index contributed by atoms with van der Waals surface area (Å²) in [6, 6.07) is 5.62. The second-order valence-electron chi connectivity index (χ2n) is 6.62. The highest BCUT2D eigenvalue weighted by atomic mass is 32.1. The number of nitriles is 1. The molecule has 3 heterocycles. The van der Waals surface area contributed by atoms with E-state index in [0.29, 0.717) is 11.6 Å². The fraction of sp³-hybridized carbons (Fsp3) is 0.278. The predicted molar refractivity (Wildman–Crippen MR) is 106 cm³/mol. The summed E-state index contributed by atoms with van der Waals surface area (Å²) >= 11 is 1.53. The van der Waals surface area contributed by atoms with Crippen molar-refractivity contribution in [3.63, 3.8) is 0 Å². The minimum absolute atomic E-state index is 0.110. The van der Waals surface area contributed by atoms with Crippen LogP contribution in [-0.4, -0.2) is 29.8 Å². The lowest BCUT2D eigenvalue weighted by Crippen LogP contribution is -2.08. The highest BCUT2D eigenvalue weighted by molar-refractivity contribution is 7.21. The number of anilines is 1. The Balaban J connectivity index is 1.67. The topological polar surface area (TPSA) is 80.0 Å². The molecule has 0 amide bonds. The molecule has 1 atom stereocenters. The average Bonchev–Trinajstić information content (AvgIpc) is 3.32. The van der Waals surface area contributed by atoms with Crippen LogP contribution in [0.15, 0.2) is 29.4 Å². The van der Waals surface area contributed by atoms with Crippen molar-refractivity contribution in [3.8, 4) is 16.4 Å². The second kappa shape index (κ2) is 6.58. The van der Waals surface area contributed by atoms with Crippen LogP contribution in [-0.2, 0) is 0 Å². The predicted octanol–water partition coefficient (Wildman–Crippen LogP) is 4.04. The van der Waals surface area contributed by atoms with Crippen molar-refractivity contribution >= 4 is 40.2 Å². The van der Waals surface area contributed by atoms with Gasteiger partial charge < -0.3 is 5.73 Å². The molecule has 1 saturated heterocycles. The Morgan fingerprint density at radius 3 is 3.04 bits per heavy atom. The number of thiophene rings is 1. The van der Waals surface area contributed by atoms with Crippen LogP contribution in [0.4, 0.5) is 10.1 Å². The van der Waals surface area contributed by atoms with E-state index in [1.54, 1.807) is 13.3 Å². The number of hydrogen-bond acceptors (Lipinski definition) is 5. The normalized spacial score (nSPS) is 17.4. The van der Waals surface area contributed by atoms with Gasteiger partial charge in [-0.15, -0.1) is 11.3 Å². The van der Waals surface area contributed by atoms with E-state index in [-0.39, 0.29) is 12.4 Å². The van der Waals surface area contributed by atoms with Gasteiger partial charge in [0.15, 0.2) is 0 Å². The number of fused-ring (bicyclic) bond motifs is 1. The molecule has 130 valence electrons. The number of nitrogens with zero attached hydrogens (tertiary/aromatic N) is 4. The zero-order valence-corrected chi connectivity index (χ0v) is 15.1. The first kappa shape index (κ1) is 16.8. The second-order valence-corrected chi connectivity index (χ2v) is 7.65. The summed E-state index contributed by atoms with van der Waals surface area (Å²) in [6.07, 6.45) is 6.38. The molecule has 4 rings (SSSR count). The fourth-order valence-electron chi connectivity index (χ4n) is 3.51. The average molecular weight is 365 g/mol. The molecule has 8 heteroatoms. The molecule has 0 bridgehead atoms. The Hall–Kier alpha value is -2.66. The zero-order chi connectivity index (χ0) is 18.3. The number of hydrogen-bond donors (Lipinski definition) is 1. The van der Waals surface area contributed by atoms with Crippen LogP contribution in [0.3, 0.4) is 0 Å². The number of halogens is 1. The van der Waals surface area contributed by atoms with Crippen LogP contribution in [0.25, 0.3) is 20.7 Å². The Morgan fingerprint density at radius 1 is 1.50 bits per heavy atom. The lowest BCUT2D eigenvalue weighted by molar-refractivity contribution is 0.500. The highest BCUT2D eigenvalue weighted by Gasteiger charge is 2.30. The van der Waals surface area contributed by atoms with Crippen LogP contribution in [0.2, 0.25) is 12.6 Å². The molecule has 2 N–H and O–H groups in total. The fourth-order valence-corrected chi connectivity index (χ4v) is 4.51. The molecular formula is C18H17BFN5S. The van der Waals surface area contributed by atoms with Gasteiger partial charge in [-0.2, -0.15) is 5.10 Å². The first-order valence-electron chi connectivity index (χ1n) is 8.49. The van der Waals surface area contributed by atoms with Crippen LogP contribution in [0.5, 0.6) is 0 Å². The van der Waals surface area contributed by atoms with Gasteiger partial charge in [-0.1, -0.05) is 6.32 Å². The summed E-state index contributed by atoms with van der Waals surface area (Å²) < 4.78 is 16.1. The van der Waals surface area contributed by atoms with E-state index in [2.05, 4.69) is 16.1 Å². The summed E-state index contributed by atoms with van der Waals surface area (Å²) in [5, 5.41) is 14.8. The van der Waals surface area contributed by atoms with Gasteiger partial charge in [-0.3, -0.25) is 9.67 Å². The first-order valence-corrected chi connectivity index (χ1v) is 9.30. The molecule has 5 nitrogen and oxygen atoms in total. The SMILES string of the molecule is CN=Cc1cc(-c2cc3cn(C4CCB(C#N)C4)nc3s2)cc(F)c1N. The van der Waals surface area contributed by atoms with E-state index in [9.17, 15) is 4.39 Å². The van der Waals surface area contributed by atoms with Crippen molar-refractivity contribution in [2.75, 3.05) is 12.8 Å². The molecule has 0 aliphatic carbocycles. The van der Waals surface area contributed by atoms with Crippen molar-refractivity contribution in [1.29, 1.82) is 5.26 Å². The van der Waals surface area contributed by atoms with E-state index in [0.717, 1.165) is 39.7 Å². The Kier molecular flexibility index (Phi) is 4.25. The van der Waals surface area contributed by atoms with Crippen LogP contribution < -0.4 is 5.73 Å². The number of aromatic nitrogens is 2. The Morgan fingerprint density at radius 2 is 2.35 bits per heavy atom. The molecular weight excluding hydrogens is 348 g/mol. The minimum Gasteiger partial charge on any atom is -0.396 e. The van der Waals surface area contributed by atoms with Crippen molar-refractivity contribution in [1.82, 2.24) is 9.78 Å². The summed E-state index contributed by atoms with van der Waals surface area (Å²) in [5.74, 6) is 1.91. The van der Waals surface area contributed by atoms with E-state index in [1.165, 1.54) is 17.4 Å². The van der Waals surface area contributed by atoms with Crippen molar-refractivity contribution in [2.45, 2.75) is 25.1 Å². The van der Waals surface area contributed by atoms with Gasteiger partial charge in [0.05, 0.1) is 5.69 Å². The maximum Gasteiger partial charge on any atom is 0.270 e. The van der Waals surface area contributed by atoms with Gasteiger partial charge in [0.1, 0.15) is 10.6 Å². The van der Waals surface area contributed by atoms with Crippen molar-refractivity contribution in [3.05, 3.63) is 35.8 Å². The molecule has 3 aromatic rings. The number of aliphatic imine (C=N–C) groups is 1. The molecule has 0 spiro atoms. The molecule has 1 unspecified atom stereocenters. The summed E-state index contributed by atoms with van der Waals surface area (Å²) in [5.41, 5.74) is 7.24. The van der Waals surface area contributed by atoms with Gasteiger partial charge in [0, 0.05) is 47.3 Å². The third-order valence-electron chi connectivity index (χ3n) is 4.89. The molecule has 26 heavy (non-hydrogen) atoms. The molecule has 2 aromatic heterocycles. The molecule has 0 saturated carbocycles. The van der Waals surface area contributed by atoms with Crippen molar-refractivity contribution < 1.29 is 4.39 Å².